The normalized spacial score (nSPS) is 11.4. The Kier molecular flexibility index (Phi) is 5.60. The van der Waals surface area contributed by atoms with Gasteiger partial charge in [-0.2, -0.15) is 4.98 Å². The number of aromatic amines is 1. The monoisotopic (exact) mass is 427 g/mol. The number of rotatable bonds is 5. The van der Waals surface area contributed by atoms with E-state index in [1.807, 2.05) is 0 Å². The van der Waals surface area contributed by atoms with Crippen LogP contribution in [0.3, 0.4) is 0 Å². The van der Waals surface area contributed by atoms with Gasteiger partial charge in [0, 0.05) is 12.6 Å². The van der Waals surface area contributed by atoms with Crippen molar-refractivity contribution in [3.63, 3.8) is 0 Å². The van der Waals surface area contributed by atoms with Gasteiger partial charge in [0.2, 0.25) is 0 Å². The van der Waals surface area contributed by atoms with Gasteiger partial charge in [-0.15, -0.1) is 0 Å². The van der Waals surface area contributed by atoms with E-state index in [0.717, 1.165) is 10.6 Å². The Morgan fingerprint density at radius 3 is 2.52 bits per heavy atom. The molecule has 3 rings (SSSR count). The molecule has 0 unspecified atom stereocenters. The zero-order valence-electron chi connectivity index (χ0n) is 17.3. The third-order valence-electron chi connectivity index (χ3n) is 4.16. The van der Waals surface area contributed by atoms with Crippen LogP contribution in [0.4, 0.5) is 0 Å². The summed E-state index contributed by atoms with van der Waals surface area (Å²) in [5.41, 5.74) is -0.134. The number of hydrogen-bond donors (Lipinski definition) is 3. The number of carboxylic acid groups (broad SMARTS) is 1. The van der Waals surface area contributed by atoms with Gasteiger partial charge in [-0.3, -0.25) is 4.79 Å². The quantitative estimate of drug-likeness (QED) is 0.515. The van der Waals surface area contributed by atoms with E-state index in [4.69, 9.17) is 4.74 Å². The lowest BCUT2D eigenvalue weighted by atomic mass is 10.0. The van der Waals surface area contributed by atoms with Crippen molar-refractivity contribution in [3.8, 4) is 0 Å². The number of aromatic carboxylic acids is 1. The van der Waals surface area contributed by atoms with E-state index in [9.17, 15) is 24.3 Å². The lowest BCUT2D eigenvalue weighted by Gasteiger charge is -2.20. The number of fused-ring (bicyclic) bond motifs is 1. The lowest BCUT2D eigenvalue weighted by Crippen LogP contribution is -2.26. The van der Waals surface area contributed by atoms with Crippen LogP contribution in [-0.4, -0.2) is 48.1 Å². The van der Waals surface area contributed by atoms with Gasteiger partial charge < -0.3 is 15.2 Å². The van der Waals surface area contributed by atoms with Gasteiger partial charge >= 0.3 is 17.6 Å². The van der Waals surface area contributed by atoms with E-state index in [-0.39, 0.29) is 23.7 Å². The number of benzene rings is 1. The number of aromatic nitrogens is 4. The Hall–Kier alpha value is -4.02. The Bertz CT molecular complexity index is 1250. The lowest BCUT2D eigenvalue weighted by molar-refractivity contribution is 0.00684. The summed E-state index contributed by atoms with van der Waals surface area (Å²) < 4.78 is 6.26. The van der Waals surface area contributed by atoms with Crippen LogP contribution in [0.2, 0.25) is 0 Å². The third-order valence-corrected chi connectivity index (χ3v) is 4.16. The van der Waals surface area contributed by atoms with Crippen molar-refractivity contribution in [2.75, 3.05) is 0 Å². The van der Waals surface area contributed by atoms with Crippen LogP contribution < -0.4 is 11.0 Å². The summed E-state index contributed by atoms with van der Waals surface area (Å²) in [5, 5.41) is 14.1. The smallest absolute Gasteiger partial charge is 0.363 e. The van der Waals surface area contributed by atoms with Crippen LogP contribution in [-0.2, 0) is 11.3 Å². The first kappa shape index (κ1) is 21.7. The summed E-state index contributed by atoms with van der Waals surface area (Å²) in [7, 11) is 0. The van der Waals surface area contributed by atoms with Crippen molar-refractivity contribution in [1.82, 2.24) is 24.9 Å². The molecule has 0 saturated heterocycles. The fraction of sp³-hybridized carbons (Fsp3) is 0.300. The summed E-state index contributed by atoms with van der Waals surface area (Å²) in [4.78, 5) is 55.0. The Labute approximate surface area is 176 Å². The van der Waals surface area contributed by atoms with Crippen molar-refractivity contribution in [2.24, 2.45) is 0 Å². The van der Waals surface area contributed by atoms with Gasteiger partial charge in [-0.25, -0.2) is 29.0 Å². The summed E-state index contributed by atoms with van der Waals surface area (Å²) in [6.45, 7) is 7.21. The first-order chi connectivity index (χ1) is 14.4. The Morgan fingerprint density at radius 1 is 1.19 bits per heavy atom. The molecule has 11 nitrogen and oxygen atoms in total. The molecule has 1 aromatic carbocycles. The highest BCUT2D eigenvalue weighted by molar-refractivity contribution is 5.96. The Balaban J connectivity index is 1.76. The van der Waals surface area contributed by atoms with Crippen molar-refractivity contribution < 1.29 is 24.2 Å². The molecule has 0 saturated carbocycles. The topological polar surface area (TPSA) is 156 Å². The van der Waals surface area contributed by atoms with Crippen LogP contribution in [0.25, 0.3) is 5.78 Å². The number of H-pyrrole nitrogens is 1. The number of hydrogen-bond acceptors (Lipinski definition) is 7. The van der Waals surface area contributed by atoms with Gasteiger partial charge in [-0.1, -0.05) is 12.1 Å². The molecule has 0 atom stereocenters. The number of esters is 1. The number of nitrogens with zero attached hydrogens (tertiary/aromatic N) is 3. The second-order valence-corrected chi connectivity index (χ2v) is 7.83. The molecule has 11 heteroatoms. The minimum Gasteiger partial charge on any atom is -0.477 e. The number of ether oxygens (including phenoxy) is 1. The molecule has 1 amide bonds. The molecule has 3 aromatic rings. The average Bonchev–Trinajstić information content (AvgIpc) is 3.03. The number of amides is 1. The largest absolute Gasteiger partial charge is 0.477 e. The molecule has 2 heterocycles. The van der Waals surface area contributed by atoms with Gasteiger partial charge in [0.15, 0.2) is 5.69 Å². The van der Waals surface area contributed by atoms with Crippen LogP contribution in [0.1, 0.15) is 63.2 Å². The van der Waals surface area contributed by atoms with E-state index in [2.05, 4.69) is 20.4 Å². The van der Waals surface area contributed by atoms with Crippen molar-refractivity contribution in [3.05, 3.63) is 62.8 Å². The van der Waals surface area contributed by atoms with Crippen molar-refractivity contribution in [2.45, 2.75) is 39.8 Å². The highest BCUT2D eigenvalue weighted by Gasteiger charge is 2.20. The van der Waals surface area contributed by atoms with E-state index < -0.39 is 29.1 Å². The molecule has 0 aliphatic rings. The van der Waals surface area contributed by atoms with Gasteiger partial charge in [0.1, 0.15) is 11.3 Å². The molecule has 3 N–H and O–H groups in total. The highest BCUT2D eigenvalue weighted by atomic mass is 16.6. The molecule has 31 heavy (non-hydrogen) atoms. The predicted molar refractivity (Wildman–Crippen MR) is 108 cm³/mol. The van der Waals surface area contributed by atoms with E-state index >= 15 is 0 Å². The van der Waals surface area contributed by atoms with Gasteiger partial charge in [0.25, 0.3) is 11.7 Å². The highest BCUT2D eigenvalue weighted by Crippen LogP contribution is 2.17. The molecule has 0 bridgehead atoms. The van der Waals surface area contributed by atoms with Crippen LogP contribution in [0.15, 0.2) is 29.1 Å². The minimum atomic E-state index is -1.36. The van der Waals surface area contributed by atoms with E-state index in [1.54, 1.807) is 45.9 Å². The number of carbonyl (C=O) groups excluding carboxylic acids is 2. The molecule has 0 fully saturated rings. The number of nitrogens with one attached hydrogen (secondary N) is 2. The van der Waals surface area contributed by atoms with E-state index in [0.29, 0.717) is 16.7 Å². The molecule has 162 valence electrons. The van der Waals surface area contributed by atoms with Crippen LogP contribution in [0.5, 0.6) is 0 Å². The van der Waals surface area contributed by atoms with Gasteiger partial charge in [-0.05, 0) is 44.9 Å². The summed E-state index contributed by atoms with van der Waals surface area (Å²) in [6, 6.07) is 6.08. The number of carboxylic acids is 1. The SMILES string of the molecule is Cc1cc(CNC(=O)c2cc(C(=O)O)n3[nH]c(=O)nc3n2)ccc1C(=O)OC(C)(C)C. The molecule has 2 aromatic heterocycles. The first-order valence-corrected chi connectivity index (χ1v) is 9.29. The van der Waals surface area contributed by atoms with Crippen molar-refractivity contribution in [1.29, 1.82) is 0 Å². The Morgan fingerprint density at radius 2 is 1.90 bits per heavy atom. The predicted octanol–water partition coefficient (Wildman–Crippen LogP) is 1.31. The van der Waals surface area contributed by atoms with Crippen molar-refractivity contribution >= 4 is 23.6 Å². The molecule has 0 spiro atoms. The zero-order chi connectivity index (χ0) is 22.9. The molecular formula is C20H21N5O6. The first-order valence-electron chi connectivity index (χ1n) is 9.29. The third kappa shape index (κ3) is 4.94. The molecular weight excluding hydrogens is 406 g/mol. The molecule has 0 aliphatic carbocycles. The maximum atomic E-state index is 12.5. The maximum Gasteiger partial charge on any atom is 0.363 e. The van der Waals surface area contributed by atoms with E-state index in [1.165, 1.54) is 0 Å². The minimum absolute atomic E-state index is 0.108. The second kappa shape index (κ2) is 8.01. The van der Waals surface area contributed by atoms with Gasteiger partial charge in [0.05, 0.1) is 5.56 Å². The fourth-order valence-electron chi connectivity index (χ4n) is 2.83. The summed E-state index contributed by atoms with van der Waals surface area (Å²) >= 11 is 0. The summed E-state index contributed by atoms with van der Waals surface area (Å²) in [6.07, 6.45) is 0. The molecule has 0 aliphatic heterocycles. The number of carbonyl (C=O) groups is 3. The standard InChI is InChI=1S/C20H21N5O6/c1-10-7-11(5-6-12(10)17(29)31-20(2,3)4)9-21-15(26)13-8-14(16(27)28)25-18(22-13)23-19(30)24-25/h5-8H,9H2,1-4H3,(H,21,26)(H,24,30)(H,27,28). The number of aryl methyl sites for hydroxylation is 1. The van der Waals surface area contributed by atoms with Crippen LogP contribution >= 0.6 is 0 Å². The zero-order valence-corrected chi connectivity index (χ0v) is 17.3. The average molecular weight is 427 g/mol. The van der Waals surface area contributed by atoms with Crippen LogP contribution in [0, 0.1) is 6.92 Å². The molecule has 0 radical (unpaired) electrons. The summed E-state index contributed by atoms with van der Waals surface area (Å²) in [5.74, 6) is -2.67. The second-order valence-electron chi connectivity index (χ2n) is 7.83. The fourth-order valence-corrected chi connectivity index (χ4v) is 2.83. The maximum absolute atomic E-state index is 12.5.